The number of hydrogen-bond donors (Lipinski definition) is 0. The van der Waals surface area contributed by atoms with E-state index in [0.717, 1.165) is 12.3 Å². The average molecular weight is 350 g/mol. The summed E-state index contributed by atoms with van der Waals surface area (Å²) in [5.74, 6) is 0.736. The van der Waals surface area contributed by atoms with Gasteiger partial charge in [-0.05, 0) is 71.6 Å². The highest BCUT2D eigenvalue weighted by Gasteiger charge is 2.28. The number of hydrogen-bond acceptors (Lipinski definition) is 0. The first-order valence-corrected chi connectivity index (χ1v) is 7.45. The van der Waals surface area contributed by atoms with E-state index in [0.29, 0.717) is 9.30 Å². The fourth-order valence-electron chi connectivity index (χ4n) is 1.89. The van der Waals surface area contributed by atoms with Crippen LogP contribution in [0.4, 0.5) is 4.39 Å². The maximum atomic E-state index is 13.0. The SMILES string of the molecule is Fc1ccc(CCCC(Br)C2CC2)cc1Br. The van der Waals surface area contributed by atoms with Crippen molar-refractivity contribution >= 4 is 31.9 Å². The third-order valence-corrected chi connectivity index (χ3v) is 4.88. The van der Waals surface area contributed by atoms with Crippen molar-refractivity contribution in [2.75, 3.05) is 0 Å². The maximum absolute atomic E-state index is 13.0. The Kier molecular flexibility index (Phi) is 4.42. The summed E-state index contributed by atoms with van der Waals surface area (Å²) in [6, 6.07) is 5.29. The Morgan fingerprint density at radius 3 is 2.75 bits per heavy atom. The highest BCUT2D eigenvalue weighted by atomic mass is 79.9. The van der Waals surface area contributed by atoms with Gasteiger partial charge in [0.05, 0.1) is 4.47 Å². The first kappa shape index (κ1) is 12.6. The second-order valence-corrected chi connectivity index (χ2v) is 6.52. The molecule has 1 aromatic rings. The van der Waals surface area contributed by atoms with Gasteiger partial charge in [-0.3, -0.25) is 0 Å². The predicted octanol–water partition coefficient (Wildman–Crippen LogP) is 5.08. The van der Waals surface area contributed by atoms with Crippen molar-refractivity contribution in [1.29, 1.82) is 0 Å². The van der Waals surface area contributed by atoms with Crippen LogP contribution in [0.5, 0.6) is 0 Å². The van der Waals surface area contributed by atoms with Gasteiger partial charge in [-0.1, -0.05) is 22.0 Å². The van der Waals surface area contributed by atoms with E-state index in [9.17, 15) is 4.39 Å². The Morgan fingerprint density at radius 2 is 2.12 bits per heavy atom. The van der Waals surface area contributed by atoms with Crippen LogP contribution in [-0.2, 0) is 6.42 Å². The van der Waals surface area contributed by atoms with Gasteiger partial charge in [0, 0.05) is 4.83 Å². The number of benzene rings is 1. The van der Waals surface area contributed by atoms with E-state index in [1.54, 1.807) is 0 Å². The van der Waals surface area contributed by atoms with Gasteiger partial charge in [0.25, 0.3) is 0 Å². The summed E-state index contributed by atoms with van der Waals surface area (Å²) in [5, 5.41) is 0. The van der Waals surface area contributed by atoms with Crippen molar-refractivity contribution in [3.05, 3.63) is 34.1 Å². The molecule has 0 N–H and O–H groups in total. The molecule has 1 atom stereocenters. The lowest BCUT2D eigenvalue weighted by Gasteiger charge is -2.08. The smallest absolute Gasteiger partial charge is 0.137 e. The van der Waals surface area contributed by atoms with E-state index < -0.39 is 0 Å². The number of alkyl halides is 1. The Morgan fingerprint density at radius 1 is 1.38 bits per heavy atom. The van der Waals surface area contributed by atoms with Crippen molar-refractivity contribution in [1.82, 2.24) is 0 Å². The topological polar surface area (TPSA) is 0 Å². The molecule has 0 heterocycles. The monoisotopic (exact) mass is 348 g/mol. The van der Waals surface area contributed by atoms with E-state index in [1.165, 1.54) is 37.3 Å². The highest BCUT2D eigenvalue weighted by molar-refractivity contribution is 9.10. The van der Waals surface area contributed by atoms with Crippen molar-refractivity contribution in [3.8, 4) is 0 Å². The fraction of sp³-hybridized carbons (Fsp3) is 0.538. The molecule has 0 amide bonds. The molecule has 0 aliphatic heterocycles. The van der Waals surface area contributed by atoms with Crippen LogP contribution in [0.1, 0.15) is 31.2 Å². The average Bonchev–Trinajstić information content (AvgIpc) is 3.07. The summed E-state index contributed by atoms with van der Waals surface area (Å²) in [5.41, 5.74) is 1.21. The minimum atomic E-state index is -0.180. The number of rotatable bonds is 5. The molecule has 1 unspecified atom stereocenters. The van der Waals surface area contributed by atoms with Gasteiger partial charge < -0.3 is 0 Å². The Labute approximate surface area is 113 Å². The Bertz CT molecular complexity index is 361. The van der Waals surface area contributed by atoms with Crippen LogP contribution < -0.4 is 0 Å². The molecule has 0 spiro atoms. The van der Waals surface area contributed by atoms with Crippen LogP contribution in [0.25, 0.3) is 0 Å². The van der Waals surface area contributed by atoms with Gasteiger partial charge in [0.1, 0.15) is 5.82 Å². The van der Waals surface area contributed by atoms with E-state index in [1.807, 2.05) is 12.1 Å². The van der Waals surface area contributed by atoms with Gasteiger partial charge >= 0.3 is 0 Å². The van der Waals surface area contributed by atoms with Crippen LogP contribution in [-0.4, -0.2) is 4.83 Å². The summed E-state index contributed by atoms with van der Waals surface area (Å²) in [4.78, 5) is 0.691. The largest absolute Gasteiger partial charge is 0.206 e. The van der Waals surface area contributed by atoms with Crippen molar-refractivity contribution in [3.63, 3.8) is 0 Å². The molecule has 16 heavy (non-hydrogen) atoms. The fourth-order valence-corrected chi connectivity index (χ4v) is 3.17. The molecule has 0 radical (unpaired) electrons. The van der Waals surface area contributed by atoms with Crippen LogP contribution in [0.15, 0.2) is 22.7 Å². The molecule has 0 saturated heterocycles. The minimum Gasteiger partial charge on any atom is -0.206 e. The molecule has 0 bridgehead atoms. The molecule has 88 valence electrons. The first-order chi connectivity index (χ1) is 7.66. The lowest BCUT2D eigenvalue weighted by atomic mass is 10.1. The zero-order valence-corrected chi connectivity index (χ0v) is 12.2. The van der Waals surface area contributed by atoms with Crippen molar-refractivity contribution in [2.24, 2.45) is 5.92 Å². The Hall–Kier alpha value is 0.110. The minimum absolute atomic E-state index is 0.180. The van der Waals surface area contributed by atoms with Crippen LogP contribution in [0.2, 0.25) is 0 Å². The standard InChI is InChI=1S/C13H15Br2F/c14-11(10-5-6-10)3-1-2-9-4-7-13(16)12(15)8-9/h4,7-8,10-11H,1-3,5-6H2. The van der Waals surface area contributed by atoms with Gasteiger partial charge in [-0.15, -0.1) is 0 Å². The van der Waals surface area contributed by atoms with Crippen LogP contribution in [0.3, 0.4) is 0 Å². The zero-order chi connectivity index (χ0) is 11.5. The molecule has 1 fully saturated rings. The normalized spacial score (nSPS) is 17.4. The highest BCUT2D eigenvalue weighted by Crippen LogP contribution is 2.38. The number of halogens is 3. The molecule has 1 saturated carbocycles. The molecule has 1 aliphatic carbocycles. The summed E-state index contributed by atoms with van der Waals surface area (Å²) >= 11 is 6.95. The quantitative estimate of drug-likeness (QED) is 0.650. The first-order valence-electron chi connectivity index (χ1n) is 5.75. The van der Waals surface area contributed by atoms with Gasteiger partial charge in [0.2, 0.25) is 0 Å². The van der Waals surface area contributed by atoms with Gasteiger partial charge in [-0.2, -0.15) is 0 Å². The predicted molar refractivity (Wildman–Crippen MR) is 72.5 cm³/mol. The van der Waals surface area contributed by atoms with Gasteiger partial charge in [0.15, 0.2) is 0 Å². The summed E-state index contributed by atoms with van der Waals surface area (Å²) in [6.07, 6.45) is 6.20. The molecule has 1 aromatic carbocycles. The zero-order valence-electron chi connectivity index (χ0n) is 9.06. The lowest BCUT2D eigenvalue weighted by Crippen LogP contribution is -2.01. The summed E-state index contributed by atoms with van der Waals surface area (Å²) < 4.78 is 13.6. The van der Waals surface area contributed by atoms with Crippen molar-refractivity contribution < 1.29 is 4.39 Å². The molecule has 0 aromatic heterocycles. The molecule has 3 heteroatoms. The molecular formula is C13H15Br2F. The number of aryl methyl sites for hydroxylation is 1. The van der Waals surface area contributed by atoms with Crippen LogP contribution in [0, 0.1) is 11.7 Å². The molecule has 0 nitrogen and oxygen atoms in total. The molecular weight excluding hydrogens is 335 g/mol. The van der Waals surface area contributed by atoms with E-state index in [-0.39, 0.29) is 5.82 Å². The van der Waals surface area contributed by atoms with E-state index >= 15 is 0 Å². The third-order valence-electron chi connectivity index (χ3n) is 3.06. The van der Waals surface area contributed by atoms with E-state index in [2.05, 4.69) is 31.9 Å². The second-order valence-electron chi connectivity index (χ2n) is 4.49. The second kappa shape index (κ2) is 5.63. The summed E-state index contributed by atoms with van der Waals surface area (Å²) in [7, 11) is 0. The van der Waals surface area contributed by atoms with Crippen LogP contribution >= 0.6 is 31.9 Å². The van der Waals surface area contributed by atoms with E-state index in [4.69, 9.17) is 0 Å². The lowest BCUT2D eigenvalue weighted by molar-refractivity contribution is 0.618. The molecule has 1 aliphatic rings. The van der Waals surface area contributed by atoms with Gasteiger partial charge in [-0.25, -0.2) is 4.39 Å². The molecule has 2 rings (SSSR count). The summed E-state index contributed by atoms with van der Waals surface area (Å²) in [6.45, 7) is 0. The third kappa shape index (κ3) is 3.56. The maximum Gasteiger partial charge on any atom is 0.137 e. The Balaban J connectivity index is 1.78. The van der Waals surface area contributed by atoms with Crippen molar-refractivity contribution in [2.45, 2.75) is 36.9 Å².